The maximum atomic E-state index is 12.7. The molecule has 0 aliphatic carbocycles. The zero-order chi connectivity index (χ0) is 19.1. The van der Waals surface area contributed by atoms with E-state index in [1.165, 1.54) is 13.3 Å². The minimum Gasteiger partial charge on any atom is -0.339 e. The first-order valence-electron chi connectivity index (χ1n) is 9.40. The van der Waals surface area contributed by atoms with E-state index in [2.05, 4.69) is 24.1 Å². The second-order valence-corrected chi connectivity index (χ2v) is 8.73. The molecule has 1 fully saturated rings. The molecule has 6 heteroatoms. The molecule has 1 heterocycles. The van der Waals surface area contributed by atoms with Crippen LogP contribution >= 0.6 is 11.8 Å². The van der Waals surface area contributed by atoms with Crippen LogP contribution < -0.4 is 5.32 Å². The number of hydrogen-bond acceptors (Lipinski definition) is 4. The van der Waals surface area contributed by atoms with Gasteiger partial charge in [-0.2, -0.15) is 0 Å². The Balaban J connectivity index is 1.79. The quantitative estimate of drug-likeness (QED) is 0.741. The van der Waals surface area contributed by atoms with Gasteiger partial charge >= 0.3 is 0 Å². The van der Waals surface area contributed by atoms with Crippen LogP contribution in [0.3, 0.4) is 0 Å². The van der Waals surface area contributed by atoms with Gasteiger partial charge in [-0.25, -0.2) is 0 Å². The number of thioether (sulfide) groups is 1. The molecule has 1 aromatic carbocycles. The summed E-state index contributed by atoms with van der Waals surface area (Å²) in [5.74, 6) is 0.856. The zero-order valence-corrected chi connectivity index (χ0v) is 17.1. The smallest absolute Gasteiger partial charge is 0.235 e. The Labute approximate surface area is 161 Å². The fraction of sp³-hybridized carbons (Fsp3) is 0.600. The summed E-state index contributed by atoms with van der Waals surface area (Å²) in [5.41, 5.74) is 0.776. The predicted octanol–water partition coefficient (Wildman–Crippen LogP) is 3.32. The van der Waals surface area contributed by atoms with Crippen molar-refractivity contribution in [2.75, 3.05) is 38.0 Å². The standard InChI is InChI=1S/C20H31N3O2S/c1-15(2)9-10-22-11-13-23(14-12-22)20(25)16(3)26-19-7-5-18(6-8-19)21-17(4)24/h5-8,15-16H,9-14H2,1-4H3,(H,21,24). The van der Waals surface area contributed by atoms with Gasteiger partial charge in [-0.3, -0.25) is 14.5 Å². The maximum Gasteiger partial charge on any atom is 0.235 e. The molecule has 0 saturated carbocycles. The molecule has 1 aromatic rings. The summed E-state index contributed by atoms with van der Waals surface area (Å²) in [7, 11) is 0. The minimum atomic E-state index is -0.108. The van der Waals surface area contributed by atoms with E-state index >= 15 is 0 Å². The third kappa shape index (κ3) is 6.65. The third-order valence-electron chi connectivity index (χ3n) is 4.54. The molecular formula is C20H31N3O2S. The SMILES string of the molecule is CC(=O)Nc1ccc(SC(C)C(=O)N2CCN(CCC(C)C)CC2)cc1. The molecule has 2 rings (SSSR count). The fourth-order valence-electron chi connectivity index (χ4n) is 2.96. The Morgan fingerprint density at radius 1 is 1.08 bits per heavy atom. The van der Waals surface area contributed by atoms with Crippen LogP contribution in [0.4, 0.5) is 5.69 Å². The lowest BCUT2D eigenvalue weighted by atomic mass is 10.1. The molecule has 1 saturated heterocycles. The van der Waals surface area contributed by atoms with Gasteiger partial charge in [0.15, 0.2) is 0 Å². The topological polar surface area (TPSA) is 52.7 Å². The van der Waals surface area contributed by atoms with Crippen LogP contribution in [0.2, 0.25) is 0 Å². The van der Waals surface area contributed by atoms with Crippen molar-refractivity contribution in [2.24, 2.45) is 5.92 Å². The average molecular weight is 378 g/mol. The van der Waals surface area contributed by atoms with Gasteiger partial charge in [-0.15, -0.1) is 11.8 Å². The van der Waals surface area contributed by atoms with Gasteiger partial charge in [0.1, 0.15) is 0 Å². The number of carbonyl (C=O) groups is 2. The van der Waals surface area contributed by atoms with Gasteiger partial charge in [0.2, 0.25) is 11.8 Å². The Morgan fingerprint density at radius 2 is 1.69 bits per heavy atom. The molecule has 0 spiro atoms. The van der Waals surface area contributed by atoms with Crippen LogP contribution in [-0.2, 0) is 9.59 Å². The van der Waals surface area contributed by atoms with Crippen LogP contribution in [0.15, 0.2) is 29.2 Å². The van der Waals surface area contributed by atoms with E-state index in [1.54, 1.807) is 11.8 Å². The van der Waals surface area contributed by atoms with Gasteiger partial charge in [-0.05, 0) is 50.1 Å². The van der Waals surface area contributed by atoms with Gasteiger partial charge in [-0.1, -0.05) is 13.8 Å². The number of piperazine rings is 1. The van der Waals surface area contributed by atoms with E-state index in [1.807, 2.05) is 36.1 Å². The Kier molecular flexibility index (Phi) is 7.97. The van der Waals surface area contributed by atoms with Crippen LogP contribution in [0.5, 0.6) is 0 Å². The lowest BCUT2D eigenvalue weighted by Crippen LogP contribution is -2.50. The minimum absolute atomic E-state index is 0.0820. The number of benzene rings is 1. The summed E-state index contributed by atoms with van der Waals surface area (Å²) >= 11 is 1.57. The number of nitrogens with one attached hydrogen (secondary N) is 1. The zero-order valence-electron chi connectivity index (χ0n) is 16.3. The largest absolute Gasteiger partial charge is 0.339 e. The molecule has 0 bridgehead atoms. The molecule has 144 valence electrons. The van der Waals surface area contributed by atoms with Crippen LogP contribution in [0.1, 0.15) is 34.1 Å². The van der Waals surface area contributed by atoms with Crippen molar-refractivity contribution in [3.05, 3.63) is 24.3 Å². The number of anilines is 1. The Hall–Kier alpha value is -1.53. The van der Waals surface area contributed by atoms with Crippen molar-refractivity contribution in [3.8, 4) is 0 Å². The molecule has 1 N–H and O–H groups in total. The van der Waals surface area contributed by atoms with Crippen molar-refractivity contribution in [3.63, 3.8) is 0 Å². The van der Waals surface area contributed by atoms with Crippen molar-refractivity contribution < 1.29 is 9.59 Å². The van der Waals surface area contributed by atoms with Crippen molar-refractivity contribution in [1.82, 2.24) is 9.80 Å². The number of carbonyl (C=O) groups excluding carboxylic acids is 2. The lowest BCUT2D eigenvalue weighted by Gasteiger charge is -2.36. The third-order valence-corrected chi connectivity index (χ3v) is 5.64. The molecule has 1 aliphatic heterocycles. The van der Waals surface area contributed by atoms with Gasteiger partial charge < -0.3 is 10.2 Å². The van der Waals surface area contributed by atoms with Crippen molar-refractivity contribution >= 4 is 29.3 Å². The van der Waals surface area contributed by atoms with Crippen LogP contribution in [-0.4, -0.2) is 59.6 Å². The highest BCUT2D eigenvalue weighted by Gasteiger charge is 2.25. The first-order valence-corrected chi connectivity index (χ1v) is 10.3. The number of rotatable bonds is 7. The first-order chi connectivity index (χ1) is 12.3. The maximum absolute atomic E-state index is 12.7. The average Bonchev–Trinajstić information content (AvgIpc) is 2.61. The number of nitrogens with zero attached hydrogens (tertiary/aromatic N) is 2. The summed E-state index contributed by atoms with van der Waals surface area (Å²) in [6, 6.07) is 7.63. The molecule has 1 atom stereocenters. The summed E-state index contributed by atoms with van der Waals surface area (Å²) in [6.07, 6.45) is 1.22. The monoisotopic (exact) mass is 377 g/mol. The highest BCUT2D eigenvalue weighted by atomic mass is 32.2. The van der Waals surface area contributed by atoms with Gasteiger partial charge in [0.25, 0.3) is 0 Å². The van der Waals surface area contributed by atoms with Crippen LogP contribution in [0.25, 0.3) is 0 Å². The van der Waals surface area contributed by atoms with Crippen LogP contribution in [0, 0.1) is 5.92 Å². The van der Waals surface area contributed by atoms with E-state index in [0.717, 1.165) is 49.2 Å². The lowest BCUT2D eigenvalue weighted by molar-refractivity contribution is -0.132. The summed E-state index contributed by atoms with van der Waals surface area (Å²) < 4.78 is 0. The molecule has 1 unspecified atom stereocenters. The second-order valence-electron chi connectivity index (χ2n) is 7.32. The normalized spacial score (nSPS) is 16.6. The van der Waals surface area contributed by atoms with E-state index in [4.69, 9.17) is 0 Å². The van der Waals surface area contributed by atoms with E-state index in [-0.39, 0.29) is 17.1 Å². The summed E-state index contributed by atoms with van der Waals surface area (Å²) in [6.45, 7) is 12.7. The van der Waals surface area contributed by atoms with E-state index in [9.17, 15) is 9.59 Å². The summed E-state index contributed by atoms with van der Waals surface area (Å²) in [4.78, 5) is 29.3. The predicted molar refractivity (Wildman–Crippen MR) is 109 cm³/mol. The molecule has 1 aliphatic rings. The Morgan fingerprint density at radius 3 is 2.23 bits per heavy atom. The Bertz CT molecular complexity index is 596. The molecule has 0 aromatic heterocycles. The van der Waals surface area contributed by atoms with Crippen molar-refractivity contribution in [1.29, 1.82) is 0 Å². The highest BCUT2D eigenvalue weighted by molar-refractivity contribution is 8.00. The molecule has 0 radical (unpaired) electrons. The van der Waals surface area contributed by atoms with Crippen molar-refractivity contribution in [2.45, 2.75) is 44.3 Å². The summed E-state index contributed by atoms with van der Waals surface area (Å²) in [5, 5.41) is 2.65. The second kappa shape index (κ2) is 9.97. The fourth-order valence-corrected chi connectivity index (χ4v) is 3.92. The van der Waals surface area contributed by atoms with Gasteiger partial charge in [0.05, 0.1) is 5.25 Å². The molecular weight excluding hydrogens is 346 g/mol. The number of hydrogen-bond donors (Lipinski definition) is 1. The van der Waals surface area contributed by atoms with E-state index < -0.39 is 0 Å². The molecule has 5 nitrogen and oxygen atoms in total. The molecule has 2 amide bonds. The number of amides is 2. The first kappa shape index (κ1) is 20.8. The van der Waals surface area contributed by atoms with E-state index in [0.29, 0.717) is 0 Å². The highest BCUT2D eigenvalue weighted by Crippen LogP contribution is 2.26. The molecule has 26 heavy (non-hydrogen) atoms. The van der Waals surface area contributed by atoms with Gasteiger partial charge in [0, 0.05) is 43.7 Å².